The molecule has 3 rings (SSSR count). The van der Waals surface area contributed by atoms with Gasteiger partial charge in [0.15, 0.2) is 5.69 Å². The molecule has 1 aromatic carbocycles. The van der Waals surface area contributed by atoms with Gasteiger partial charge in [0.25, 0.3) is 5.91 Å². The summed E-state index contributed by atoms with van der Waals surface area (Å²) in [5.74, 6) is -1.16. The Morgan fingerprint density at radius 2 is 2.28 bits per heavy atom. The van der Waals surface area contributed by atoms with Crippen LogP contribution in [-0.2, 0) is 0 Å². The van der Waals surface area contributed by atoms with Crippen LogP contribution in [0.15, 0.2) is 32.4 Å². The van der Waals surface area contributed by atoms with Crippen molar-refractivity contribution in [2.45, 2.75) is 6.92 Å². The molecule has 25 heavy (non-hydrogen) atoms. The van der Waals surface area contributed by atoms with Crippen LogP contribution < -0.4 is 11.2 Å². The molecule has 3 N–H and O–H groups in total. The molecule has 0 saturated heterocycles. The first-order valence-corrected chi connectivity index (χ1v) is 7.56. The van der Waals surface area contributed by atoms with Crippen LogP contribution >= 0.6 is 15.9 Å². The first-order chi connectivity index (χ1) is 12.0. The van der Waals surface area contributed by atoms with Crippen molar-refractivity contribution in [3.63, 3.8) is 0 Å². The Morgan fingerprint density at radius 1 is 1.48 bits per heavy atom. The van der Waals surface area contributed by atoms with Gasteiger partial charge in [-0.1, -0.05) is 21.1 Å². The number of aromatic nitrogens is 5. The average molecular weight is 409 g/mol. The fourth-order valence-corrected chi connectivity index (χ4v) is 2.31. The lowest BCUT2D eigenvalue weighted by Gasteiger charge is -2.03. The minimum Gasteiger partial charge on any atom is -0.378 e. The summed E-state index contributed by atoms with van der Waals surface area (Å²) >= 11 is 3.23. The van der Waals surface area contributed by atoms with Crippen LogP contribution in [0.4, 0.5) is 10.2 Å². The lowest BCUT2D eigenvalue weighted by Crippen LogP contribution is -2.23. The number of carbonyl (C=O) groups excluding carboxylic acids is 1. The fourth-order valence-electron chi connectivity index (χ4n) is 1.93. The van der Waals surface area contributed by atoms with Crippen molar-refractivity contribution in [2.75, 3.05) is 5.73 Å². The van der Waals surface area contributed by atoms with Crippen molar-refractivity contribution < 1.29 is 13.8 Å². The van der Waals surface area contributed by atoms with Gasteiger partial charge in [-0.05, 0) is 35.4 Å². The van der Waals surface area contributed by atoms with Crippen LogP contribution in [0.1, 0.15) is 21.7 Å². The molecule has 0 fully saturated rings. The Bertz CT molecular complexity index is 967. The number of nitrogens with zero attached hydrogens (tertiary/aromatic N) is 6. The van der Waals surface area contributed by atoms with E-state index >= 15 is 0 Å². The number of nitrogen functional groups attached to an aromatic ring is 1. The van der Waals surface area contributed by atoms with E-state index in [1.54, 1.807) is 13.0 Å². The number of carbonyl (C=O) groups is 1. The summed E-state index contributed by atoms with van der Waals surface area (Å²) in [7, 11) is 0. The smallest absolute Gasteiger partial charge is 0.292 e. The molecule has 10 nitrogen and oxygen atoms in total. The number of hydrogen-bond donors (Lipinski definition) is 2. The van der Waals surface area contributed by atoms with E-state index in [1.165, 1.54) is 18.3 Å². The summed E-state index contributed by atoms with van der Waals surface area (Å²) in [5.41, 5.74) is 8.41. The predicted molar refractivity (Wildman–Crippen MR) is 87.5 cm³/mol. The third-order valence-corrected chi connectivity index (χ3v) is 3.57. The zero-order chi connectivity index (χ0) is 18.0. The molecule has 0 atom stereocenters. The van der Waals surface area contributed by atoms with E-state index in [1.807, 2.05) is 0 Å². The standard InChI is InChI=1S/C13H10BrFN8O2/c1-6-10(23(22-18-6)12-11(16)20-25-21-12)13(24)19-17-5-7-4-8(14)2-3-9(7)15/h2-5H,1H3,(H2,16,20)(H,19,24)/b17-5+. The molecule has 0 spiro atoms. The van der Waals surface area contributed by atoms with E-state index < -0.39 is 11.7 Å². The van der Waals surface area contributed by atoms with Crippen LogP contribution in [0.2, 0.25) is 0 Å². The quantitative estimate of drug-likeness (QED) is 0.488. The maximum atomic E-state index is 13.6. The van der Waals surface area contributed by atoms with Gasteiger partial charge in [0.1, 0.15) is 5.82 Å². The van der Waals surface area contributed by atoms with Crippen LogP contribution in [-0.4, -0.2) is 37.4 Å². The molecule has 3 aromatic rings. The van der Waals surface area contributed by atoms with E-state index in [2.05, 4.69) is 51.7 Å². The molecule has 2 heterocycles. The minimum absolute atomic E-state index is 0.0211. The number of benzene rings is 1. The van der Waals surface area contributed by atoms with E-state index in [9.17, 15) is 9.18 Å². The zero-order valence-corrected chi connectivity index (χ0v) is 14.2. The molecule has 0 radical (unpaired) electrons. The number of amides is 1. The third kappa shape index (κ3) is 3.38. The van der Waals surface area contributed by atoms with Crippen LogP contribution in [0.5, 0.6) is 0 Å². The molecule has 0 aliphatic heterocycles. The second-order valence-corrected chi connectivity index (χ2v) is 5.69. The number of nitrogens with one attached hydrogen (secondary N) is 1. The molecule has 128 valence electrons. The van der Waals surface area contributed by atoms with Gasteiger partial charge in [0, 0.05) is 10.0 Å². The number of halogens is 2. The zero-order valence-electron chi connectivity index (χ0n) is 12.6. The second kappa shape index (κ2) is 6.76. The topological polar surface area (TPSA) is 137 Å². The van der Waals surface area contributed by atoms with Gasteiger partial charge in [-0.3, -0.25) is 4.79 Å². The third-order valence-electron chi connectivity index (χ3n) is 3.08. The van der Waals surface area contributed by atoms with Crippen molar-refractivity contribution in [2.24, 2.45) is 5.10 Å². The molecule has 2 aromatic heterocycles. The Kier molecular flexibility index (Phi) is 4.52. The molecule has 1 amide bonds. The number of rotatable bonds is 4. The van der Waals surface area contributed by atoms with Crippen LogP contribution in [0.25, 0.3) is 5.82 Å². The molecular formula is C13H10BrFN8O2. The molecule has 0 bridgehead atoms. The molecular weight excluding hydrogens is 399 g/mol. The van der Waals surface area contributed by atoms with Gasteiger partial charge in [-0.25, -0.2) is 14.4 Å². The number of nitrogens with two attached hydrogens (primary N) is 1. The van der Waals surface area contributed by atoms with Gasteiger partial charge in [0.05, 0.1) is 11.9 Å². The maximum absolute atomic E-state index is 13.6. The highest BCUT2D eigenvalue weighted by Crippen LogP contribution is 2.15. The summed E-state index contributed by atoms with van der Waals surface area (Å²) in [4.78, 5) is 12.3. The summed E-state index contributed by atoms with van der Waals surface area (Å²) < 4.78 is 19.9. The highest BCUT2D eigenvalue weighted by atomic mass is 79.9. The number of hydrazone groups is 1. The molecule has 12 heteroatoms. The first kappa shape index (κ1) is 16.7. The van der Waals surface area contributed by atoms with E-state index in [0.717, 1.165) is 4.68 Å². The summed E-state index contributed by atoms with van der Waals surface area (Å²) in [6.07, 6.45) is 1.17. The van der Waals surface area contributed by atoms with Gasteiger partial charge in [0.2, 0.25) is 11.6 Å². The SMILES string of the molecule is Cc1nnn(-c2nonc2N)c1C(=O)N/N=C/c1cc(Br)ccc1F. The van der Waals surface area contributed by atoms with Crippen molar-refractivity contribution in [3.8, 4) is 5.82 Å². The minimum atomic E-state index is -0.642. The normalized spacial score (nSPS) is 11.2. The Morgan fingerprint density at radius 3 is 3.00 bits per heavy atom. The second-order valence-electron chi connectivity index (χ2n) is 4.77. The highest BCUT2D eigenvalue weighted by Gasteiger charge is 2.22. The lowest BCUT2D eigenvalue weighted by atomic mass is 10.2. The van der Waals surface area contributed by atoms with Gasteiger partial charge in [-0.2, -0.15) is 9.78 Å². The number of hydrogen-bond acceptors (Lipinski definition) is 8. The number of anilines is 1. The van der Waals surface area contributed by atoms with Crippen LogP contribution in [0, 0.1) is 12.7 Å². The van der Waals surface area contributed by atoms with Crippen molar-refractivity contribution in [1.82, 2.24) is 30.7 Å². The molecule has 0 unspecified atom stereocenters. The maximum Gasteiger partial charge on any atom is 0.292 e. The van der Waals surface area contributed by atoms with Crippen molar-refractivity contribution in [1.29, 1.82) is 0 Å². The number of aryl methyl sites for hydroxylation is 1. The summed E-state index contributed by atoms with van der Waals surface area (Å²) in [5, 5.41) is 18.3. The van der Waals surface area contributed by atoms with Crippen molar-refractivity contribution in [3.05, 3.63) is 45.4 Å². The van der Waals surface area contributed by atoms with E-state index in [-0.39, 0.29) is 22.9 Å². The summed E-state index contributed by atoms with van der Waals surface area (Å²) in [6, 6.07) is 4.34. The van der Waals surface area contributed by atoms with Crippen molar-refractivity contribution >= 4 is 33.9 Å². The Balaban J connectivity index is 1.83. The fraction of sp³-hybridized carbons (Fsp3) is 0.0769. The Labute approximate surface area is 148 Å². The van der Waals surface area contributed by atoms with Gasteiger partial charge < -0.3 is 5.73 Å². The van der Waals surface area contributed by atoms with E-state index in [0.29, 0.717) is 10.2 Å². The monoisotopic (exact) mass is 408 g/mol. The molecule has 0 aliphatic rings. The van der Waals surface area contributed by atoms with Gasteiger partial charge >= 0.3 is 0 Å². The van der Waals surface area contributed by atoms with Crippen LogP contribution in [0.3, 0.4) is 0 Å². The lowest BCUT2D eigenvalue weighted by molar-refractivity contribution is 0.0946. The van der Waals surface area contributed by atoms with Gasteiger partial charge in [-0.15, -0.1) is 5.10 Å². The molecule has 0 aliphatic carbocycles. The largest absolute Gasteiger partial charge is 0.378 e. The first-order valence-electron chi connectivity index (χ1n) is 6.76. The molecule has 0 saturated carbocycles. The Hall–Kier alpha value is -3.15. The average Bonchev–Trinajstić information content (AvgIpc) is 3.16. The summed E-state index contributed by atoms with van der Waals surface area (Å²) in [6.45, 7) is 1.57. The highest BCUT2D eigenvalue weighted by molar-refractivity contribution is 9.10. The predicted octanol–water partition coefficient (Wildman–Crippen LogP) is 1.21. The van der Waals surface area contributed by atoms with E-state index in [4.69, 9.17) is 5.73 Å².